The van der Waals surface area contributed by atoms with Crippen molar-refractivity contribution in [2.75, 3.05) is 4.90 Å². The van der Waals surface area contributed by atoms with Crippen LogP contribution in [-0.2, 0) is 9.59 Å². The number of aromatic carboxylic acids is 1. The van der Waals surface area contributed by atoms with E-state index in [2.05, 4.69) is 0 Å². The van der Waals surface area contributed by atoms with Crippen molar-refractivity contribution in [2.24, 2.45) is 5.41 Å². The number of carbonyl (C=O) groups is 3. The SMILES string of the molecule is CC(C)(C)C(=O)C1=C(O)C(=O)N(c2ccc(-c3ccsc3)cc2)C1c1ccccc1C(=O)O. The number of aliphatic hydroxyl groups is 1. The van der Waals surface area contributed by atoms with E-state index in [1.165, 1.54) is 11.0 Å². The Morgan fingerprint density at radius 1 is 0.970 bits per heavy atom. The Bertz CT molecular complexity index is 1270. The van der Waals surface area contributed by atoms with Gasteiger partial charge in [-0.2, -0.15) is 11.3 Å². The van der Waals surface area contributed by atoms with Gasteiger partial charge in [-0.15, -0.1) is 0 Å². The van der Waals surface area contributed by atoms with Crippen LogP contribution in [-0.4, -0.2) is 27.9 Å². The zero-order valence-corrected chi connectivity index (χ0v) is 19.2. The van der Waals surface area contributed by atoms with Crippen LogP contribution in [0, 0.1) is 5.41 Å². The predicted octanol–water partition coefficient (Wildman–Crippen LogP) is 5.63. The van der Waals surface area contributed by atoms with Crippen LogP contribution in [0.4, 0.5) is 5.69 Å². The van der Waals surface area contributed by atoms with E-state index in [1.54, 1.807) is 62.4 Å². The molecule has 168 valence electrons. The lowest BCUT2D eigenvalue weighted by Crippen LogP contribution is -2.33. The first-order valence-electron chi connectivity index (χ1n) is 10.4. The number of carboxylic acids is 1. The number of aliphatic hydroxyl groups excluding tert-OH is 1. The summed E-state index contributed by atoms with van der Waals surface area (Å²) in [5.74, 6) is -2.99. The van der Waals surface area contributed by atoms with Gasteiger partial charge in [0.15, 0.2) is 11.5 Å². The molecule has 3 aromatic rings. The summed E-state index contributed by atoms with van der Waals surface area (Å²) in [5, 5.41) is 24.6. The van der Waals surface area contributed by atoms with Crippen molar-refractivity contribution in [1.82, 2.24) is 0 Å². The number of hydrogen-bond donors (Lipinski definition) is 2. The highest BCUT2D eigenvalue weighted by Gasteiger charge is 2.47. The average molecular weight is 462 g/mol. The van der Waals surface area contributed by atoms with Crippen molar-refractivity contribution in [1.29, 1.82) is 0 Å². The smallest absolute Gasteiger partial charge is 0.336 e. The molecule has 6 nitrogen and oxygen atoms in total. The maximum absolute atomic E-state index is 13.3. The molecule has 1 atom stereocenters. The molecule has 1 unspecified atom stereocenters. The number of benzene rings is 2. The minimum absolute atomic E-state index is 0.0379. The van der Waals surface area contributed by atoms with E-state index in [4.69, 9.17) is 0 Å². The molecular formula is C26H23NO5S. The van der Waals surface area contributed by atoms with E-state index in [0.717, 1.165) is 11.1 Å². The molecule has 0 aliphatic carbocycles. The Morgan fingerprint density at radius 2 is 1.64 bits per heavy atom. The van der Waals surface area contributed by atoms with Gasteiger partial charge in [0.1, 0.15) is 0 Å². The quantitative estimate of drug-likeness (QED) is 0.514. The largest absolute Gasteiger partial charge is 0.503 e. The number of hydrogen-bond acceptors (Lipinski definition) is 5. The highest BCUT2D eigenvalue weighted by atomic mass is 32.1. The van der Waals surface area contributed by atoms with Crippen LogP contribution in [0.15, 0.2) is 76.7 Å². The minimum atomic E-state index is -1.18. The van der Waals surface area contributed by atoms with Crippen LogP contribution in [0.5, 0.6) is 0 Å². The molecule has 0 saturated carbocycles. The molecule has 2 heterocycles. The Balaban J connectivity index is 1.89. The number of carboxylic acid groups (broad SMARTS) is 1. The number of nitrogens with zero attached hydrogens (tertiary/aromatic N) is 1. The molecule has 7 heteroatoms. The molecule has 0 bridgehead atoms. The van der Waals surface area contributed by atoms with Crippen molar-refractivity contribution in [3.05, 3.63) is 87.8 Å². The molecule has 2 aromatic carbocycles. The molecule has 1 aromatic heterocycles. The predicted molar refractivity (Wildman–Crippen MR) is 128 cm³/mol. The number of ketones is 1. The average Bonchev–Trinajstić information content (AvgIpc) is 3.40. The van der Waals surface area contributed by atoms with E-state index in [0.29, 0.717) is 5.69 Å². The van der Waals surface area contributed by atoms with E-state index < -0.39 is 34.9 Å². The number of Topliss-reactive ketones (excluding diaryl/α,β-unsaturated/α-hetero) is 1. The number of rotatable bonds is 5. The maximum atomic E-state index is 13.3. The van der Waals surface area contributed by atoms with Crippen LogP contribution in [0.2, 0.25) is 0 Å². The van der Waals surface area contributed by atoms with E-state index >= 15 is 0 Å². The summed E-state index contributed by atoms with van der Waals surface area (Å²) in [6.07, 6.45) is 0. The molecule has 1 amide bonds. The highest BCUT2D eigenvalue weighted by molar-refractivity contribution is 7.08. The molecule has 0 fully saturated rings. The molecular weight excluding hydrogens is 438 g/mol. The molecule has 2 N–H and O–H groups in total. The third kappa shape index (κ3) is 3.96. The van der Waals surface area contributed by atoms with Gasteiger partial charge in [0.2, 0.25) is 0 Å². The van der Waals surface area contributed by atoms with Gasteiger partial charge < -0.3 is 10.2 Å². The lowest BCUT2D eigenvalue weighted by atomic mass is 9.81. The zero-order valence-electron chi connectivity index (χ0n) is 18.4. The zero-order chi connectivity index (χ0) is 23.9. The lowest BCUT2D eigenvalue weighted by molar-refractivity contribution is -0.123. The second kappa shape index (κ2) is 8.33. The van der Waals surface area contributed by atoms with Gasteiger partial charge in [0, 0.05) is 11.1 Å². The van der Waals surface area contributed by atoms with Crippen molar-refractivity contribution in [3.63, 3.8) is 0 Å². The summed E-state index contributed by atoms with van der Waals surface area (Å²) in [4.78, 5) is 39.8. The van der Waals surface area contributed by atoms with Crippen LogP contribution in [0.1, 0.15) is 42.7 Å². The van der Waals surface area contributed by atoms with Gasteiger partial charge in [-0.05, 0) is 51.7 Å². The van der Waals surface area contributed by atoms with E-state index in [1.807, 2.05) is 29.0 Å². The first kappa shape index (κ1) is 22.5. The highest BCUT2D eigenvalue weighted by Crippen LogP contribution is 2.44. The van der Waals surface area contributed by atoms with Gasteiger partial charge in [-0.25, -0.2) is 4.79 Å². The second-order valence-corrected chi connectivity index (χ2v) is 9.65. The molecule has 1 aliphatic heterocycles. The molecule has 0 radical (unpaired) electrons. The molecule has 1 aliphatic rings. The van der Waals surface area contributed by atoms with Crippen molar-refractivity contribution < 1.29 is 24.6 Å². The summed E-state index contributed by atoms with van der Waals surface area (Å²) < 4.78 is 0. The van der Waals surface area contributed by atoms with Crippen molar-refractivity contribution in [3.8, 4) is 11.1 Å². The Kier molecular flexibility index (Phi) is 5.68. The molecule has 33 heavy (non-hydrogen) atoms. The van der Waals surface area contributed by atoms with Gasteiger partial charge in [-0.3, -0.25) is 14.5 Å². The molecule has 4 rings (SSSR count). The normalized spacial score (nSPS) is 16.4. The Labute approximate surface area is 195 Å². The van der Waals surface area contributed by atoms with Crippen molar-refractivity contribution in [2.45, 2.75) is 26.8 Å². The number of carbonyl (C=O) groups excluding carboxylic acids is 2. The van der Waals surface area contributed by atoms with Crippen LogP contribution in [0.25, 0.3) is 11.1 Å². The fourth-order valence-electron chi connectivity index (χ4n) is 3.98. The standard InChI is InChI=1S/C26H23NO5S/c1-26(2,3)23(29)20-21(18-6-4-5-7-19(18)25(31)32)27(24(30)22(20)28)17-10-8-15(9-11-17)16-12-13-33-14-16/h4-14,21,28H,1-3H3,(H,31,32). The van der Waals surface area contributed by atoms with Gasteiger partial charge >= 0.3 is 5.97 Å². The third-order valence-corrected chi connectivity index (χ3v) is 6.30. The van der Waals surface area contributed by atoms with E-state index in [-0.39, 0.29) is 16.7 Å². The van der Waals surface area contributed by atoms with Crippen LogP contribution in [0.3, 0.4) is 0 Å². The van der Waals surface area contributed by atoms with Crippen LogP contribution < -0.4 is 4.90 Å². The first-order valence-corrected chi connectivity index (χ1v) is 11.3. The third-order valence-electron chi connectivity index (χ3n) is 5.62. The fourth-order valence-corrected chi connectivity index (χ4v) is 4.64. The van der Waals surface area contributed by atoms with Crippen LogP contribution >= 0.6 is 11.3 Å². The summed E-state index contributed by atoms with van der Waals surface area (Å²) in [5.41, 5.74) is 1.68. The summed E-state index contributed by atoms with van der Waals surface area (Å²) in [6, 6.07) is 14.3. The lowest BCUT2D eigenvalue weighted by Gasteiger charge is -2.29. The summed E-state index contributed by atoms with van der Waals surface area (Å²) in [7, 11) is 0. The second-order valence-electron chi connectivity index (χ2n) is 8.87. The maximum Gasteiger partial charge on any atom is 0.336 e. The minimum Gasteiger partial charge on any atom is -0.503 e. The summed E-state index contributed by atoms with van der Waals surface area (Å²) >= 11 is 1.57. The van der Waals surface area contributed by atoms with Gasteiger partial charge in [0.25, 0.3) is 5.91 Å². The number of thiophene rings is 1. The number of anilines is 1. The molecule has 0 spiro atoms. The first-order chi connectivity index (χ1) is 15.6. The monoisotopic (exact) mass is 461 g/mol. The Morgan fingerprint density at radius 3 is 2.21 bits per heavy atom. The topological polar surface area (TPSA) is 94.9 Å². The Hall–Kier alpha value is -3.71. The van der Waals surface area contributed by atoms with Gasteiger partial charge in [0.05, 0.1) is 17.2 Å². The van der Waals surface area contributed by atoms with Crippen molar-refractivity contribution >= 4 is 34.7 Å². The van der Waals surface area contributed by atoms with Gasteiger partial charge in [-0.1, -0.05) is 51.1 Å². The number of amides is 1. The summed E-state index contributed by atoms with van der Waals surface area (Å²) in [6.45, 7) is 5.08. The fraction of sp³-hybridized carbons (Fsp3) is 0.192. The molecule has 0 saturated heterocycles. The van der Waals surface area contributed by atoms with E-state index in [9.17, 15) is 24.6 Å².